The van der Waals surface area contributed by atoms with Gasteiger partial charge in [0.25, 0.3) is 0 Å². The van der Waals surface area contributed by atoms with Crippen LogP contribution in [0.1, 0.15) is 66.9 Å². The number of aliphatic hydroxyl groups excluding tert-OH is 1. The first-order chi connectivity index (χ1) is 18.3. The average molecular weight is 540 g/mol. The van der Waals surface area contributed by atoms with Crippen LogP contribution in [0, 0.1) is 11.8 Å². The summed E-state index contributed by atoms with van der Waals surface area (Å²) in [5, 5.41) is 11.2. The smallest absolute Gasteiger partial charge is 0.337 e. The predicted octanol–water partition coefficient (Wildman–Crippen LogP) is 5.55. The molecule has 6 rings (SSSR count). The Labute approximate surface area is 230 Å². The van der Waals surface area contributed by atoms with E-state index in [-0.39, 0.29) is 29.7 Å². The zero-order chi connectivity index (χ0) is 26.4. The number of carbonyl (C=O) groups excluding carboxylic acids is 1. The van der Waals surface area contributed by atoms with Gasteiger partial charge in [0.15, 0.2) is 0 Å². The molecule has 1 saturated heterocycles. The zero-order valence-electron chi connectivity index (χ0n) is 22.3. The van der Waals surface area contributed by atoms with Gasteiger partial charge in [0.05, 0.1) is 43.3 Å². The number of rotatable bonds is 4. The zero-order valence-corrected chi connectivity index (χ0v) is 23.1. The Balaban J connectivity index is 1.34. The van der Waals surface area contributed by atoms with Crippen molar-refractivity contribution in [3.05, 3.63) is 58.1 Å². The third-order valence-corrected chi connectivity index (χ3v) is 9.62. The monoisotopic (exact) mass is 539 g/mol. The van der Waals surface area contributed by atoms with Crippen LogP contribution in [0.15, 0.2) is 36.4 Å². The number of halogens is 1. The fourth-order valence-electron chi connectivity index (χ4n) is 7.39. The molecule has 4 aliphatic rings. The van der Waals surface area contributed by atoms with Gasteiger partial charge in [-0.2, -0.15) is 0 Å². The lowest BCUT2D eigenvalue weighted by molar-refractivity contribution is -0.135. The summed E-state index contributed by atoms with van der Waals surface area (Å²) in [5.74, 6) is 1.35. The molecule has 204 valence electrons. The highest BCUT2D eigenvalue weighted by Crippen LogP contribution is 2.47. The predicted molar refractivity (Wildman–Crippen MR) is 147 cm³/mol. The van der Waals surface area contributed by atoms with Gasteiger partial charge in [-0.25, -0.2) is 4.79 Å². The Morgan fingerprint density at radius 3 is 2.84 bits per heavy atom. The van der Waals surface area contributed by atoms with Crippen LogP contribution in [-0.4, -0.2) is 56.2 Å². The maximum Gasteiger partial charge on any atom is 0.337 e. The van der Waals surface area contributed by atoms with E-state index in [4.69, 9.17) is 25.8 Å². The van der Waals surface area contributed by atoms with Crippen LogP contribution >= 0.6 is 11.6 Å². The van der Waals surface area contributed by atoms with Gasteiger partial charge in [0.2, 0.25) is 0 Å². The lowest BCUT2D eigenvalue weighted by Crippen LogP contribution is -2.51. The highest BCUT2D eigenvalue weighted by Gasteiger charge is 2.45. The first-order valence-electron chi connectivity index (χ1n) is 14.1. The molecule has 7 heteroatoms. The van der Waals surface area contributed by atoms with Gasteiger partial charge in [-0.05, 0) is 105 Å². The minimum atomic E-state index is -0.343. The molecule has 2 aromatic carbocycles. The molecule has 2 fully saturated rings. The van der Waals surface area contributed by atoms with Gasteiger partial charge in [0, 0.05) is 23.5 Å². The van der Waals surface area contributed by atoms with Crippen LogP contribution in [0.4, 0.5) is 5.69 Å². The molecule has 6 nitrogen and oxygen atoms in total. The standard InChI is InChI=1S/C31H38ClNO5/c1-19-12-24(34)15-29(38-19)25-8-5-22(25)16-33-17-31(11-3-4-20-13-23(32)7-9-26(20)31)18-37-28-10-6-21(14-27(28)33)30(35)36-2/h6-7,9-10,13-14,19,22,24-25,29,34H,3-5,8,11-12,15-18H2,1-2H3/t19-,22-,24+,25+,29-,31-/m0/s1. The fourth-order valence-corrected chi connectivity index (χ4v) is 7.58. The van der Waals surface area contributed by atoms with Crippen molar-refractivity contribution in [2.45, 2.75) is 75.6 Å². The topological polar surface area (TPSA) is 68.2 Å². The van der Waals surface area contributed by atoms with Gasteiger partial charge < -0.3 is 24.2 Å². The quantitative estimate of drug-likeness (QED) is 0.513. The molecule has 0 radical (unpaired) electrons. The van der Waals surface area contributed by atoms with Gasteiger partial charge in [0.1, 0.15) is 5.75 Å². The van der Waals surface area contributed by atoms with Crippen molar-refractivity contribution in [2.75, 3.05) is 31.7 Å². The molecule has 2 aliphatic carbocycles. The molecule has 1 N–H and O–H groups in total. The molecule has 1 saturated carbocycles. The second kappa shape index (κ2) is 10.4. The van der Waals surface area contributed by atoms with Gasteiger partial charge in [-0.3, -0.25) is 0 Å². The Morgan fingerprint density at radius 2 is 2.08 bits per heavy atom. The summed E-state index contributed by atoms with van der Waals surface area (Å²) in [6.45, 7) is 4.33. The molecule has 0 amide bonds. The van der Waals surface area contributed by atoms with E-state index in [1.165, 1.54) is 18.2 Å². The van der Waals surface area contributed by atoms with Gasteiger partial charge in [-0.15, -0.1) is 0 Å². The minimum absolute atomic E-state index is 0.0914. The fraction of sp³-hybridized carbons (Fsp3) is 0.581. The number of hydrogen-bond acceptors (Lipinski definition) is 6. The number of fused-ring (bicyclic) bond motifs is 3. The number of benzene rings is 2. The molecular formula is C31H38ClNO5. The molecule has 2 aliphatic heterocycles. The van der Waals surface area contributed by atoms with E-state index in [1.54, 1.807) is 6.07 Å². The van der Waals surface area contributed by atoms with Crippen LogP contribution < -0.4 is 9.64 Å². The number of carbonyl (C=O) groups is 1. The summed E-state index contributed by atoms with van der Waals surface area (Å²) in [7, 11) is 1.42. The van der Waals surface area contributed by atoms with Gasteiger partial charge in [-0.1, -0.05) is 17.7 Å². The highest BCUT2D eigenvalue weighted by molar-refractivity contribution is 6.30. The molecule has 1 spiro atoms. The van der Waals surface area contributed by atoms with Crippen LogP contribution in [0.3, 0.4) is 0 Å². The number of nitrogens with zero attached hydrogens (tertiary/aromatic N) is 1. The van der Waals surface area contributed by atoms with Crippen molar-refractivity contribution < 1.29 is 24.1 Å². The van der Waals surface area contributed by atoms with Crippen molar-refractivity contribution in [1.82, 2.24) is 0 Å². The molecule has 0 aromatic heterocycles. The SMILES string of the molecule is COC(=O)c1ccc2c(c1)N(C[C@@H]1CC[C@H]1[C@@H]1C[C@H](O)C[C@H](C)O1)C[C@@]1(CCCc3cc(Cl)ccc31)CO2. The average Bonchev–Trinajstić information content (AvgIpc) is 3.02. The Hall–Kier alpha value is -2.28. The number of methoxy groups -OCH3 is 1. The second-order valence-electron chi connectivity index (χ2n) is 11.9. The molecule has 2 heterocycles. The lowest BCUT2D eigenvalue weighted by Gasteiger charge is -2.48. The molecule has 2 aromatic rings. The minimum Gasteiger partial charge on any atom is -0.490 e. The summed E-state index contributed by atoms with van der Waals surface area (Å²) < 4.78 is 17.9. The van der Waals surface area contributed by atoms with Crippen molar-refractivity contribution in [3.8, 4) is 5.75 Å². The van der Waals surface area contributed by atoms with E-state index in [0.717, 1.165) is 68.1 Å². The first kappa shape index (κ1) is 26.0. The molecular weight excluding hydrogens is 502 g/mol. The van der Waals surface area contributed by atoms with Crippen LogP contribution in [0.25, 0.3) is 0 Å². The van der Waals surface area contributed by atoms with Crippen LogP contribution in [0.5, 0.6) is 5.75 Å². The van der Waals surface area contributed by atoms with Gasteiger partial charge >= 0.3 is 5.97 Å². The van der Waals surface area contributed by atoms with E-state index in [1.807, 2.05) is 18.2 Å². The number of aliphatic hydroxyl groups is 1. The van der Waals surface area contributed by atoms with E-state index in [0.29, 0.717) is 30.4 Å². The summed E-state index contributed by atoms with van der Waals surface area (Å²) >= 11 is 6.39. The number of anilines is 1. The van der Waals surface area contributed by atoms with E-state index in [2.05, 4.69) is 24.0 Å². The number of ether oxygens (including phenoxy) is 3. The maximum absolute atomic E-state index is 12.5. The van der Waals surface area contributed by atoms with Crippen molar-refractivity contribution in [2.24, 2.45) is 11.8 Å². The maximum atomic E-state index is 12.5. The summed E-state index contributed by atoms with van der Waals surface area (Å²) in [6, 6.07) is 12.0. The normalized spacial score (nSPS) is 32.4. The molecule has 0 unspecified atom stereocenters. The third kappa shape index (κ3) is 4.80. The van der Waals surface area contributed by atoms with Crippen molar-refractivity contribution in [3.63, 3.8) is 0 Å². The first-order valence-corrected chi connectivity index (χ1v) is 14.5. The number of aryl methyl sites for hydroxylation is 1. The van der Waals surface area contributed by atoms with Crippen LogP contribution in [-0.2, 0) is 21.3 Å². The van der Waals surface area contributed by atoms with E-state index < -0.39 is 0 Å². The summed E-state index contributed by atoms with van der Waals surface area (Å²) in [4.78, 5) is 14.9. The van der Waals surface area contributed by atoms with Crippen molar-refractivity contribution in [1.29, 1.82) is 0 Å². The molecule has 38 heavy (non-hydrogen) atoms. The van der Waals surface area contributed by atoms with E-state index >= 15 is 0 Å². The second-order valence-corrected chi connectivity index (χ2v) is 12.3. The Bertz CT molecular complexity index is 1190. The largest absolute Gasteiger partial charge is 0.490 e. The summed E-state index contributed by atoms with van der Waals surface area (Å²) in [6.07, 6.45) is 6.76. The highest BCUT2D eigenvalue weighted by atomic mass is 35.5. The molecule has 0 bridgehead atoms. The molecule has 6 atom stereocenters. The number of hydrogen-bond donors (Lipinski definition) is 1. The van der Waals surface area contributed by atoms with Crippen LogP contribution in [0.2, 0.25) is 5.02 Å². The Morgan fingerprint density at radius 1 is 1.21 bits per heavy atom. The number of esters is 1. The third-order valence-electron chi connectivity index (χ3n) is 9.38. The summed E-state index contributed by atoms with van der Waals surface area (Å²) in [5.41, 5.74) is 3.97. The van der Waals surface area contributed by atoms with Crippen molar-refractivity contribution >= 4 is 23.3 Å². The Kier molecular flexibility index (Phi) is 7.08. The lowest BCUT2D eigenvalue weighted by atomic mass is 9.67. The van der Waals surface area contributed by atoms with E-state index in [9.17, 15) is 9.90 Å².